The van der Waals surface area contributed by atoms with Gasteiger partial charge in [-0.15, -0.1) is 0 Å². The first-order chi connectivity index (χ1) is 10.8. The molecule has 1 unspecified atom stereocenters. The predicted octanol–water partition coefficient (Wildman–Crippen LogP) is 2.14. The second-order valence-electron chi connectivity index (χ2n) is 8.74. The van der Waals surface area contributed by atoms with Crippen LogP contribution < -0.4 is 21.1 Å². The van der Waals surface area contributed by atoms with Gasteiger partial charge in [0.05, 0.1) is 12.3 Å². The van der Waals surface area contributed by atoms with Crippen molar-refractivity contribution >= 4 is 17.5 Å². The van der Waals surface area contributed by atoms with Gasteiger partial charge in [0.15, 0.2) is 5.82 Å². The summed E-state index contributed by atoms with van der Waals surface area (Å²) in [5.74, 6) is 0.708. The molecular formula is C17H29N5O2. The number of fused-ring (bicyclic) bond motifs is 1. The summed E-state index contributed by atoms with van der Waals surface area (Å²) in [5.41, 5.74) is 4.85. The molecule has 134 valence electrons. The van der Waals surface area contributed by atoms with Crippen molar-refractivity contribution in [3.63, 3.8) is 0 Å². The van der Waals surface area contributed by atoms with E-state index >= 15 is 0 Å². The number of anilines is 3. The van der Waals surface area contributed by atoms with Crippen LogP contribution in [0.2, 0.25) is 0 Å². The SMILES string of the molecule is CN1CN(C2(C)OC(C)(C)C(C)(C)C2(C)C)c2nc(N)[nH]c(=O)c21. The van der Waals surface area contributed by atoms with E-state index in [0.717, 1.165) is 0 Å². The predicted molar refractivity (Wildman–Crippen MR) is 96.2 cm³/mol. The second kappa shape index (κ2) is 4.45. The number of ether oxygens (including phenoxy) is 1. The molecule has 1 aromatic heterocycles. The van der Waals surface area contributed by atoms with Crippen LogP contribution in [0.4, 0.5) is 17.5 Å². The lowest BCUT2D eigenvalue weighted by atomic mass is 9.59. The van der Waals surface area contributed by atoms with Crippen molar-refractivity contribution < 1.29 is 4.74 Å². The van der Waals surface area contributed by atoms with Crippen LogP contribution in [0.5, 0.6) is 0 Å². The van der Waals surface area contributed by atoms with E-state index in [-0.39, 0.29) is 27.9 Å². The van der Waals surface area contributed by atoms with Crippen LogP contribution in [0.15, 0.2) is 4.79 Å². The molecular weight excluding hydrogens is 306 g/mol. The van der Waals surface area contributed by atoms with Gasteiger partial charge in [-0.2, -0.15) is 4.98 Å². The third-order valence-electron chi connectivity index (χ3n) is 7.08. The van der Waals surface area contributed by atoms with E-state index in [0.29, 0.717) is 18.2 Å². The first-order valence-electron chi connectivity index (χ1n) is 8.35. The number of nitrogens with one attached hydrogen (secondary N) is 1. The summed E-state index contributed by atoms with van der Waals surface area (Å²) < 4.78 is 6.64. The Bertz CT molecular complexity index is 752. The number of nitrogens with zero attached hydrogens (tertiary/aromatic N) is 3. The molecule has 7 nitrogen and oxygen atoms in total. The number of nitrogens with two attached hydrogens (primary N) is 1. The van der Waals surface area contributed by atoms with Crippen molar-refractivity contribution in [3.05, 3.63) is 10.4 Å². The molecule has 2 aliphatic heterocycles. The highest BCUT2D eigenvalue weighted by atomic mass is 16.6. The lowest BCUT2D eigenvalue weighted by Crippen LogP contribution is -2.57. The summed E-state index contributed by atoms with van der Waals surface area (Å²) >= 11 is 0. The monoisotopic (exact) mass is 335 g/mol. The van der Waals surface area contributed by atoms with Gasteiger partial charge in [0, 0.05) is 17.9 Å². The average Bonchev–Trinajstić information content (AvgIpc) is 2.78. The van der Waals surface area contributed by atoms with E-state index in [2.05, 4.69) is 63.3 Å². The van der Waals surface area contributed by atoms with Crippen molar-refractivity contribution in [2.75, 3.05) is 29.2 Å². The van der Waals surface area contributed by atoms with Gasteiger partial charge in [-0.1, -0.05) is 27.7 Å². The molecule has 0 bridgehead atoms. The molecule has 24 heavy (non-hydrogen) atoms. The molecule has 3 heterocycles. The first-order valence-corrected chi connectivity index (χ1v) is 8.35. The standard InChI is InChI=1S/C17H29N5O2/c1-14(2)15(3,4)17(7,24-16(14,5)6)22-9-21(8)10-11(22)19-13(18)20-12(10)23/h9H2,1-8H3,(H3,18,19,20,23). The normalized spacial score (nSPS) is 29.8. The summed E-state index contributed by atoms with van der Waals surface area (Å²) in [5, 5.41) is 0. The van der Waals surface area contributed by atoms with Gasteiger partial charge >= 0.3 is 0 Å². The van der Waals surface area contributed by atoms with Gasteiger partial charge in [-0.05, 0) is 20.8 Å². The van der Waals surface area contributed by atoms with Crippen molar-refractivity contribution in [3.8, 4) is 0 Å². The lowest BCUT2D eigenvalue weighted by Gasteiger charge is -2.48. The van der Waals surface area contributed by atoms with Gasteiger partial charge < -0.3 is 20.3 Å². The molecule has 1 saturated heterocycles. The third kappa shape index (κ3) is 1.76. The highest BCUT2D eigenvalue weighted by molar-refractivity contribution is 5.73. The number of hydrogen-bond donors (Lipinski definition) is 2. The van der Waals surface area contributed by atoms with E-state index < -0.39 is 5.72 Å². The summed E-state index contributed by atoms with van der Waals surface area (Å²) in [6.07, 6.45) is 0. The van der Waals surface area contributed by atoms with E-state index in [1.807, 2.05) is 11.9 Å². The fourth-order valence-electron chi connectivity index (χ4n) is 4.17. The Kier molecular flexibility index (Phi) is 3.16. The zero-order chi connectivity index (χ0) is 18.3. The number of nitrogen functional groups attached to an aromatic ring is 1. The Morgan fingerprint density at radius 1 is 1.12 bits per heavy atom. The largest absolute Gasteiger partial charge is 0.369 e. The van der Waals surface area contributed by atoms with Crippen LogP contribution in [0, 0.1) is 10.8 Å². The summed E-state index contributed by atoms with van der Waals surface area (Å²) in [6, 6.07) is 0. The molecule has 0 amide bonds. The number of rotatable bonds is 1. The smallest absolute Gasteiger partial charge is 0.278 e. The molecule has 0 aromatic carbocycles. The van der Waals surface area contributed by atoms with Crippen LogP contribution in [0.3, 0.4) is 0 Å². The first kappa shape index (κ1) is 17.1. The van der Waals surface area contributed by atoms with Gasteiger partial charge in [-0.25, -0.2) is 0 Å². The van der Waals surface area contributed by atoms with E-state index in [9.17, 15) is 4.79 Å². The summed E-state index contributed by atoms with van der Waals surface area (Å²) in [4.78, 5) is 23.3. The fraction of sp³-hybridized carbons (Fsp3) is 0.765. The molecule has 2 aliphatic rings. The van der Waals surface area contributed by atoms with Crippen LogP contribution in [0.1, 0.15) is 48.5 Å². The van der Waals surface area contributed by atoms with Crippen molar-refractivity contribution in [2.45, 2.75) is 59.8 Å². The zero-order valence-corrected chi connectivity index (χ0v) is 15.9. The van der Waals surface area contributed by atoms with Gasteiger partial charge in [0.2, 0.25) is 5.95 Å². The topological polar surface area (TPSA) is 87.5 Å². The molecule has 1 fully saturated rings. The van der Waals surface area contributed by atoms with Gasteiger partial charge in [0.25, 0.3) is 5.56 Å². The minimum absolute atomic E-state index is 0.0944. The van der Waals surface area contributed by atoms with E-state index in [4.69, 9.17) is 10.5 Å². The Hall–Kier alpha value is -1.76. The molecule has 0 spiro atoms. The zero-order valence-electron chi connectivity index (χ0n) is 15.9. The van der Waals surface area contributed by atoms with Crippen LogP contribution >= 0.6 is 0 Å². The highest BCUT2D eigenvalue weighted by Gasteiger charge is 2.69. The minimum atomic E-state index is -0.632. The maximum atomic E-state index is 12.3. The Balaban J connectivity index is 2.20. The molecule has 7 heteroatoms. The summed E-state index contributed by atoms with van der Waals surface area (Å²) in [6.45, 7) is 15.8. The van der Waals surface area contributed by atoms with Gasteiger partial charge in [-0.3, -0.25) is 9.78 Å². The quantitative estimate of drug-likeness (QED) is 0.817. The fourth-order valence-corrected chi connectivity index (χ4v) is 4.17. The molecule has 0 radical (unpaired) electrons. The van der Waals surface area contributed by atoms with Crippen LogP contribution in [0.25, 0.3) is 0 Å². The average molecular weight is 335 g/mol. The Morgan fingerprint density at radius 2 is 1.71 bits per heavy atom. The third-order valence-corrected chi connectivity index (χ3v) is 7.08. The molecule has 1 aromatic rings. The number of hydrogen-bond acceptors (Lipinski definition) is 6. The number of aromatic amines is 1. The Morgan fingerprint density at radius 3 is 2.21 bits per heavy atom. The Labute approximate surface area is 143 Å². The molecule has 1 atom stereocenters. The van der Waals surface area contributed by atoms with Crippen molar-refractivity contribution in [1.29, 1.82) is 0 Å². The summed E-state index contributed by atoms with van der Waals surface area (Å²) in [7, 11) is 1.88. The molecule has 0 saturated carbocycles. The lowest BCUT2D eigenvalue weighted by molar-refractivity contribution is -0.105. The van der Waals surface area contributed by atoms with Gasteiger partial charge in [0.1, 0.15) is 11.4 Å². The molecule has 3 N–H and O–H groups in total. The number of H-pyrrole nitrogens is 1. The molecule has 0 aliphatic carbocycles. The maximum Gasteiger partial charge on any atom is 0.278 e. The number of aromatic nitrogens is 2. The maximum absolute atomic E-state index is 12.3. The van der Waals surface area contributed by atoms with Crippen LogP contribution in [-0.4, -0.2) is 35.0 Å². The molecule has 3 rings (SSSR count). The minimum Gasteiger partial charge on any atom is -0.369 e. The van der Waals surface area contributed by atoms with Crippen LogP contribution in [-0.2, 0) is 4.74 Å². The van der Waals surface area contributed by atoms with E-state index in [1.54, 1.807) is 0 Å². The second-order valence-corrected chi connectivity index (χ2v) is 8.74. The van der Waals surface area contributed by atoms with E-state index in [1.165, 1.54) is 0 Å². The highest BCUT2D eigenvalue weighted by Crippen LogP contribution is 2.64. The van der Waals surface area contributed by atoms with Crippen molar-refractivity contribution in [1.82, 2.24) is 9.97 Å². The van der Waals surface area contributed by atoms with Crippen molar-refractivity contribution in [2.24, 2.45) is 10.8 Å².